The van der Waals surface area contributed by atoms with Gasteiger partial charge >= 0.3 is 5.97 Å². The van der Waals surface area contributed by atoms with Crippen molar-refractivity contribution in [2.24, 2.45) is 17.8 Å². The number of carbonyl (C=O) groups is 2. The van der Waals surface area contributed by atoms with Gasteiger partial charge in [0, 0.05) is 25.4 Å². The van der Waals surface area contributed by atoms with Crippen LogP contribution in [-0.2, 0) is 22.6 Å². The normalized spacial score (nSPS) is 20.2. The minimum atomic E-state index is -0.788. The number of nitrogens with one attached hydrogen (secondary N) is 1. The lowest BCUT2D eigenvalue weighted by Crippen LogP contribution is -2.31. The molecule has 1 aromatic rings. The van der Waals surface area contributed by atoms with Gasteiger partial charge in [-0.15, -0.1) is 10.2 Å². The monoisotopic (exact) mass is 368 g/mol. The summed E-state index contributed by atoms with van der Waals surface area (Å²) in [6, 6.07) is 0. The second kappa shape index (κ2) is 9.22. The van der Waals surface area contributed by atoms with Crippen LogP contribution in [0.4, 0.5) is 0 Å². The SMILES string of the molecule is CSc1nnc(CCCNC(=O)[C@@H]2CC[C@H](C(=O)O)C2)n1CC(C)C. The lowest BCUT2D eigenvalue weighted by molar-refractivity contribution is -0.141. The van der Waals surface area contributed by atoms with Crippen LogP contribution in [0, 0.1) is 17.8 Å². The summed E-state index contributed by atoms with van der Waals surface area (Å²) in [6.07, 6.45) is 5.29. The lowest BCUT2D eigenvalue weighted by atomic mass is 10.0. The summed E-state index contributed by atoms with van der Waals surface area (Å²) in [5.41, 5.74) is 0. The van der Waals surface area contributed by atoms with E-state index in [0.29, 0.717) is 31.7 Å². The number of hydrogen-bond donors (Lipinski definition) is 2. The fraction of sp³-hybridized carbons (Fsp3) is 0.765. The Labute approximate surface area is 153 Å². The van der Waals surface area contributed by atoms with Crippen LogP contribution in [0.2, 0.25) is 0 Å². The highest BCUT2D eigenvalue weighted by atomic mass is 32.2. The van der Waals surface area contributed by atoms with Gasteiger partial charge in [-0.2, -0.15) is 0 Å². The fourth-order valence-corrected chi connectivity index (χ4v) is 3.77. The Bertz CT molecular complexity index is 603. The second-order valence-electron chi connectivity index (χ2n) is 7.05. The molecule has 2 N–H and O–H groups in total. The van der Waals surface area contributed by atoms with Gasteiger partial charge in [0.2, 0.25) is 5.91 Å². The third-order valence-corrected chi connectivity index (χ3v) is 5.22. The summed E-state index contributed by atoms with van der Waals surface area (Å²) < 4.78 is 2.16. The van der Waals surface area contributed by atoms with Gasteiger partial charge in [0.05, 0.1) is 5.92 Å². The van der Waals surface area contributed by atoms with Crippen LogP contribution in [-0.4, -0.2) is 44.5 Å². The zero-order valence-corrected chi connectivity index (χ0v) is 16.0. The quantitative estimate of drug-likeness (QED) is 0.512. The first kappa shape index (κ1) is 19.8. The van der Waals surface area contributed by atoms with E-state index in [1.165, 1.54) is 0 Å². The van der Waals surface area contributed by atoms with Gasteiger partial charge in [0.15, 0.2) is 5.16 Å². The molecule has 0 aliphatic heterocycles. The number of nitrogens with zero attached hydrogens (tertiary/aromatic N) is 3. The summed E-state index contributed by atoms with van der Waals surface area (Å²) in [7, 11) is 0. The Kier molecular flexibility index (Phi) is 7.28. The Morgan fingerprint density at radius 3 is 2.64 bits per heavy atom. The summed E-state index contributed by atoms with van der Waals surface area (Å²) in [4.78, 5) is 23.1. The molecule has 2 atom stereocenters. The molecule has 25 heavy (non-hydrogen) atoms. The zero-order valence-electron chi connectivity index (χ0n) is 15.2. The van der Waals surface area contributed by atoms with E-state index < -0.39 is 5.97 Å². The van der Waals surface area contributed by atoms with Crippen molar-refractivity contribution in [3.05, 3.63) is 5.82 Å². The minimum absolute atomic E-state index is 0.0165. The Morgan fingerprint density at radius 2 is 2.04 bits per heavy atom. The topological polar surface area (TPSA) is 97.1 Å². The van der Waals surface area contributed by atoms with Crippen molar-refractivity contribution in [1.82, 2.24) is 20.1 Å². The predicted molar refractivity (Wildman–Crippen MR) is 96.4 cm³/mol. The molecule has 1 amide bonds. The van der Waals surface area contributed by atoms with Crippen molar-refractivity contribution in [3.63, 3.8) is 0 Å². The maximum absolute atomic E-state index is 12.1. The van der Waals surface area contributed by atoms with Crippen molar-refractivity contribution in [2.75, 3.05) is 12.8 Å². The van der Waals surface area contributed by atoms with Gasteiger partial charge < -0.3 is 15.0 Å². The van der Waals surface area contributed by atoms with E-state index in [0.717, 1.165) is 30.4 Å². The lowest BCUT2D eigenvalue weighted by Gasteiger charge is -2.13. The Balaban J connectivity index is 1.77. The molecule has 0 bridgehead atoms. The van der Waals surface area contributed by atoms with Crippen LogP contribution < -0.4 is 5.32 Å². The third-order valence-electron chi connectivity index (χ3n) is 4.55. The molecule has 140 valence electrons. The van der Waals surface area contributed by atoms with E-state index in [1.807, 2.05) is 6.26 Å². The van der Waals surface area contributed by atoms with E-state index in [4.69, 9.17) is 5.11 Å². The van der Waals surface area contributed by atoms with Crippen LogP contribution in [0.1, 0.15) is 45.4 Å². The van der Waals surface area contributed by atoms with Crippen molar-refractivity contribution >= 4 is 23.6 Å². The average molecular weight is 369 g/mol. The van der Waals surface area contributed by atoms with Crippen LogP contribution in [0.5, 0.6) is 0 Å². The maximum atomic E-state index is 12.1. The first-order valence-electron chi connectivity index (χ1n) is 8.89. The molecule has 7 nitrogen and oxygen atoms in total. The first-order valence-corrected chi connectivity index (χ1v) is 10.1. The number of carboxylic acids is 1. The molecule has 1 heterocycles. The summed E-state index contributed by atoms with van der Waals surface area (Å²) in [6.45, 7) is 5.81. The van der Waals surface area contributed by atoms with Crippen molar-refractivity contribution in [3.8, 4) is 0 Å². The fourth-order valence-electron chi connectivity index (χ4n) is 3.25. The molecule has 0 spiro atoms. The van der Waals surface area contributed by atoms with Gasteiger partial charge in [-0.05, 0) is 37.9 Å². The van der Waals surface area contributed by atoms with Crippen LogP contribution in [0.25, 0.3) is 0 Å². The number of thioether (sulfide) groups is 1. The van der Waals surface area contributed by atoms with Crippen molar-refractivity contribution < 1.29 is 14.7 Å². The molecule has 0 aromatic carbocycles. The number of rotatable bonds is 9. The molecular formula is C17H28N4O3S. The van der Waals surface area contributed by atoms with Crippen LogP contribution >= 0.6 is 11.8 Å². The summed E-state index contributed by atoms with van der Waals surface area (Å²) in [5, 5.41) is 21.4. The van der Waals surface area contributed by atoms with Gasteiger partial charge in [-0.1, -0.05) is 25.6 Å². The number of aryl methyl sites for hydroxylation is 1. The molecule has 2 rings (SSSR count). The zero-order chi connectivity index (χ0) is 18.4. The molecule has 0 saturated heterocycles. The van der Waals surface area contributed by atoms with Gasteiger partial charge in [0.1, 0.15) is 5.82 Å². The Morgan fingerprint density at radius 1 is 1.32 bits per heavy atom. The number of aromatic nitrogens is 3. The summed E-state index contributed by atoms with van der Waals surface area (Å²) >= 11 is 1.59. The molecule has 8 heteroatoms. The molecule has 1 aliphatic carbocycles. The van der Waals surface area contributed by atoms with E-state index in [1.54, 1.807) is 11.8 Å². The number of carbonyl (C=O) groups excluding carboxylic acids is 1. The van der Waals surface area contributed by atoms with E-state index in [-0.39, 0.29) is 17.7 Å². The van der Waals surface area contributed by atoms with Gasteiger partial charge in [-0.25, -0.2) is 0 Å². The third kappa shape index (κ3) is 5.45. The molecule has 1 fully saturated rings. The van der Waals surface area contributed by atoms with Gasteiger partial charge in [0.25, 0.3) is 0 Å². The standard InChI is InChI=1S/C17H28N4O3S/c1-11(2)10-21-14(19-20-17(21)25-3)5-4-8-18-15(22)12-6-7-13(9-12)16(23)24/h11-13H,4-10H2,1-3H3,(H,18,22)(H,23,24)/t12-,13+/m1/s1. The van der Waals surface area contributed by atoms with Crippen LogP contribution in [0.3, 0.4) is 0 Å². The highest BCUT2D eigenvalue weighted by Gasteiger charge is 2.33. The van der Waals surface area contributed by atoms with E-state index in [2.05, 4.69) is 33.9 Å². The number of carboxylic acid groups (broad SMARTS) is 1. The van der Waals surface area contributed by atoms with E-state index >= 15 is 0 Å². The predicted octanol–water partition coefficient (Wildman–Crippen LogP) is 2.21. The molecule has 1 aromatic heterocycles. The number of hydrogen-bond acceptors (Lipinski definition) is 5. The first-order chi connectivity index (χ1) is 11.9. The maximum Gasteiger partial charge on any atom is 0.306 e. The number of amides is 1. The Hall–Kier alpha value is -1.57. The molecular weight excluding hydrogens is 340 g/mol. The van der Waals surface area contributed by atoms with Crippen LogP contribution in [0.15, 0.2) is 5.16 Å². The minimum Gasteiger partial charge on any atom is -0.481 e. The highest BCUT2D eigenvalue weighted by Crippen LogP contribution is 2.31. The van der Waals surface area contributed by atoms with Crippen molar-refractivity contribution in [1.29, 1.82) is 0 Å². The van der Waals surface area contributed by atoms with Crippen molar-refractivity contribution in [2.45, 2.75) is 57.7 Å². The summed E-state index contributed by atoms with van der Waals surface area (Å²) in [5.74, 6) is 0.148. The average Bonchev–Trinajstić information content (AvgIpc) is 3.18. The molecule has 1 aliphatic rings. The molecule has 0 radical (unpaired) electrons. The van der Waals surface area contributed by atoms with Gasteiger partial charge in [-0.3, -0.25) is 9.59 Å². The largest absolute Gasteiger partial charge is 0.481 e. The molecule has 1 saturated carbocycles. The smallest absolute Gasteiger partial charge is 0.306 e. The highest BCUT2D eigenvalue weighted by molar-refractivity contribution is 7.98. The number of aliphatic carboxylic acids is 1. The second-order valence-corrected chi connectivity index (χ2v) is 7.82. The molecule has 0 unspecified atom stereocenters. The van der Waals surface area contributed by atoms with E-state index in [9.17, 15) is 9.59 Å².